The van der Waals surface area contributed by atoms with Gasteiger partial charge in [-0.05, 0) is 155 Å². The van der Waals surface area contributed by atoms with Crippen LogP contribution in [0, 0.1) is 5.92 Å². The molecule has 0 radical (unpaired) electrons. The fourth-order valence-corrected chi connectivity index (χ4v) is 17.8. The number of nitrogens with zero attached hydrogens (tertiary/aromatic N) is 2. The summed E-state index contributed by atoms with van der Waals surface area (Å²) in [6.45, 7) is 0. The topological polar surface area (TPSA) is 17.3 Å². The number of aliphatic imine (C=N–C) groups is 1. The van der Waals surface area contributed by atoms with E-state index in [0.717, 1.165) is 60.3 Å². The van der Waals surface area contributed by atoms with Crippen LogP contribution in [-0.2, 0) is 5.41 Å². The molecule has 0 bridgehead atoms. The van der Waals surface area contributed by atoms with Gasteiger partial charge in [-0.2, -0.15) is 0 Å². The molecule has 3 aliphatic rings. The van der Waals surface area contributed by atoms with E-state index in [0.29, 0.717) is 5.92 Å². The molecule has 2 nitrogen and oxygen atoms in total. The van der Waals surface area contributed by atoms with Crippen LogP contribution in [0.1, 0.15) is 71.0 Å². The number of para-hydroxylation sites is 1. The standard InChI is InChI=1S/C78H60N2S/c1-7-27-55(28-8-1)73-47-23-20-43-66(56-29-26-42-65(52-56)81(62-36-13-4-14-37-62,63-38-15-5-16-39-63)64-40-17-6-18-41-64)71-53-58(71)54-74(79-73)57-30-25-35-61(51-57)80-75-48-24-21-45-68(75)70-50-49-69-67-44-19-22-46-72(67)78(76(69)77(70)80,59-31-9-2-10-32-59)60-33-11-3-12-34-60/h1-19,21-22,24-42,44-52,58H,20,23,43,53-54H2/b71-66-,73-47?,79-74?. The van der Waals surface area contributed by atoms with Gasteiger partial charge < -0.3 is 4.57 Å². The Kier molecular flexibility index (Phi) is 12.3. The first-order valence-electron chi connectivity index (χ1n) is 28.7. The van der Waals surface area contributed by atoms with Crippen LogP contribution in [0.5, 0.6) is 0 Å². The van der Waals surface area contributed by atoms with Crippen LogP contribution in [0.15, 0.2) is 327 Å². The van der Waals surface area contributed by atoms with E-state index in [2.05, 4.69) is 302 Å². The van der Waals surface area contributed by atoms with Crippen LogP contribution in [0.2, 0.25) is 0 Å². The van der Waals surface area contributed by atoms with Crippen LogP contribution < -0.4 is 0 Å². The molecule has 1 atom stereocenters. The second-order valence-electron chi connectivity index (χ2n) is 21.9. The average molecular weight is 1060 g/mol. The third-order valence-electron chi connectivity index (χ3n) is 17.4. The van der Waals surface area contributed by atoms with Crippen LogP contribution in [0.4, 0.5) is 0 Å². The fourth-order valence-electron chi connectivity index (χ4n) is 13.9. The van der Waals surface area contributed by atoms with Gasteiger partial charge in [-0.1, -0.05) is 236 Å². The number of rotatable bonds is 10. The zero-order chi connectivity index (χ0) is 53.7. The summed E-state index contributed by atoms with van der Waals surface area (Å²) >= 11 is 0. The van der Waals surface area contributed by atoms with Crippen LogP contribution in [-0.4, -0.2) is 10.3 Å². The highest BCUT2D eigenvalue weighted by atomic mass is 32.3. The lowest BCUT2D eigenvalue weighted by Crippen LogP contribution is -2.29. The van der Waals surface area contributed by atoms with E-state index in [1.54, 1.807) is 5.57 Å². The summed E-state index contributed by atoms with van der Waals surface area (Å²) in [5, 5.41) is 2.49. The van der Waals surface area contributed by atoms with E-state index in [-0.39, 0.29) is 0 Å². The number of fused-ring (bicyclic) bond motifs is 8. The van der Waals surface area contributed by atoms with Crippen LogP contribution in [0.25, 0.3) is 49.9 Å². The van der Waals surface area contributed by atoms with Gasteiger partial charge >= 0.3 is 0 Å². The molecule has 1 aromatic heterocycles. The molecule has 1 aliphatic heterocycles. The molecule has 0 saturated heterocycles. The van der Waals surface area contributed by atoms with E-state index in [1.165, 1.54) is 85.9 Å². The van der Waals surface area contributed by atoms with E-state index in [4.69, 9.17) is 4.99 Å². The van der Waals surface area contributed by atoms with E-state index in [9.17, 15) is 0 Å². The number of benzene rings is 11. The highest BCUT2D eigenvalue weighted by molar-refractivity contribution is 8.34. The molecular formula is C78H60N2S. The molecule has 15 rings (SSSR count). The lowest BCUT2D eigenvalue weighted by Gasteiger charge is -2.42. The highest BCUT2D eigenvalue weighted by Crippen LogP contribution is 2.73. The number of hydrogen-bond acceptors (Lipinski definition) is 1. The Hall–Kier alpha value is -9.28. The predicted molar refractivity (Wildman–Crippen MR) is 339 cm³/mol. The lowest BCUT2D eigenvalue weighted by atomic mass is 9.67. The maximum atomic E-state index is 5.83. The largest absolute Gasteiger partial charge is 0.309 e. The third kappa shape index (κ3) is 8.13. The first-order valence-corrected chi connectivity index (χ1v) is 30.4. The third-order valence-corrected chi connectivity index (χ3v) is 21.3. The first kappa shape index (κ1) is 48.8. The van der Waals surface area contributed by atoms with Gasteiger partial charge in [-0.3, -0.25) is 4.99 Å². The summed E-state index contributed by atoms with van der Waals surface area (Å²) in [4.78, 5) is 11.2. The maximum absolute atomic E-state index is 5.83. The van der Waals surface area contributed by atoms with Crippen molar-refractivity contribution in [2.24, 2.45) is 10.9 Å². The van der Waals surface area contributed by atoms with Gasteiger partial charge in [0.05, 0.1) is 22.1 Å². The SMILES string of the molecule is C1=C(c2ccccc2)N=C(c2cccc(-n3c4ccccc4c4ccc5c(c43)C(c3ccccc3)(c3ccccc3)c3ccccc3-5)c2)CC2C/C2=C(/c2cccc(S(c3ccccc3)(c3ccccc3)c3ccccc3)c2)CCC1. The molecule has 1 saturated carbocycles. The van der Waals surface area contributed by atoms with Crippen LogP contribution in [0.3, 0.4) is 0 Å². The Morgan fingerprint density at radius 1 is 0.432 bits per heavy atom. The maximum Gasteiger partial charge on any atom is 0.0734 e. The molecule has 2 heterocycles. The molecule has 81 heavy (non-hydrogen) atoms. The van der Waals surface area contributed by atoms with Crippen molar-refractivity contribution in [3.63, 3.8) is 0 Å². The summed E-state index contributed by atoms with van der Waals surface area (Å²) in [5.74, 6) is 0.378. The molecule has 0 N–H and O–H groups in total. The van der Waals surface area contributed by atoms with E-state index >= 15 is 0 Å². The van der Waals surface area contributed by atoms with Crippen molar-refractivity contribution < 1.29 is 0 Å². The zero-order valence-electron chi connectivity index (χ0n) is 45.2. The second kappa shape index (κ2) is 20.4. The van der Waals surface area contributed by atoms with Gasteiger partial charge in [0.25, 0.3) is 0 Å². The Balaban J connectivity index is 0.897. The monoisotopic (exact) mass is 1060 g/mol. The van der Waals surface area contributed by atoms with Gasteiger partial charge in [0.15, 0.2) is 0 Å². The predicted octanol–water partition coefficient (Wildman–Crippen LogP) is 20.4. The van der Waals surface area contributed by atoms with Gasteiger partial charge in [0.2, 0.25) is 0 Å². The molecule has 11 aromatic carbocycles. The number of allylic oxidation sites excluding steroid dienone is 3. The number of hydrogen-bond donors (Lipinski definition) is 0. The van der Waals surface area contributed by atoms with Crippen molar-refractivity contribution in [2.45, 2.75) is 57.1 Å². The Labute approximate surface area is 477 Å². The average Bonchev–Trinajstić information content (AvgIpc) is 2.22. The Morgan fingerprint density at radius 3 is 1.67 bits per heavy atom. The number of aromatic nitrogens is 1. The summed E-state index contributed by atoms with van der Waals surface area (Å²) in [5.41, 5.74) is 19.6. The molecule has 2 aliphatic carbocycles. The summed E-state index contributed by atoms with van der Waals surface area (Å²) < 4.78 is 2.58. The van der Waals surface area contributed by atoms with Gasteiger partial charge in [0.1, 0.15) is 0 Å². The van der Waals surface area contributed by atoms with E-state index < -0.39 is 15.4 Å². The molecule has 388 valence electrons. The Morgan fingerprint density at radius 2 is 0.988 bits per heavy atom. The lowest BCUT2D eigenvalue weighted by molar-refractivity contribution is 0.771. The minimum Gasteiger partial charge on any atom is -0.309 e. The van der Waals surface area contributed by atoms with E-state index in [1.807, 2.05) is 0 Å². The smallest absolute Gasteiger partial charge is 0.0734 e. The highest BCUT2D eigenvalue weighted by Gasteiger charge is 2.48. The molecule has 0 spiro atoms. The molecule has 1 fully saturated rings. The minimum absolute atomic E-state index is 0.378. The zero-order valence-corrected chi connectivity index (χ0v) is 46.0. The van der Waals surface area contributed by atoms with Crippen molar-refractivity contribution in [3.05, 3.63) is 342 Å². The molecule has 1 unspecified atom stereocenters. The normalized spacial score (nSPS) is 16.8. The van der Waals surface area contributed by atoms with Gasteiger partial charge in [-0.25, -0.2) is 0 Å². The van der Waals surface area contributed by atoms with Crippen molar-refractivity contribution in [2.75, 3.05) is 0 Å². The summed E-state index contributed by atoms with van der Waals surface area (Å²) in [6.07, 6.45) is 7.30. The van der Waals surface area contributed by atoms with Crippen molar-refractivity contribution in [1.29, 1.82) is 0 Å². The fraction of sp³-hybridized carbons (Fsp3) is 0.0897. The van der Waals surface area contributed by atoms with Gasteiger partial charge in [0, 0.05) is 47.3 Å². The van der Waals surface area contributed by atoms with Gasteiger partial charge in [-0.15, -0.1) is 10.0 Å². The van der Waals surface area contributed by atoms with Crippen molar-refractivity contribution >= 4 is 48.8 Å². The quantitative estimate of drug-likeness (QED) is 0.130. The molecule has 12 aromatic rings. The summed E-state index contributed by atoms with van der Waals surface area (Å²) in [6, 6.07) is 109. The summed E-state index contributed by atoms with van der Waals surface area (Å²) in [7, 11) is -1.85. The molecule has 3 heteroatoms. The minimum atomic E-state index is -1.85. The van der Waals surface area contributed by atoms with Crippen molar-refractivity contribution in [3.8, 4) is 16.8 Å². The first-order chi connectivity index (χ1) is 40.2. The second-order valence-corrected chi connectivity index (χ2v) is 25.0. The molecular weight excluding hydrogens is 997 g/mol. The Bertz CT molecular complexity index is 4270. The molecule has 0 amide bonds. The van der Waals surface area contributed by atoms with Crippen molar-refractivity contribution in [1.82, 2.24) is 4.57 Å². The van der Waals surface area contributed by atoms with Crippen LogP contribution >= 0.6 is 10.0 Å².